The van der Waals surface area contributed by atoms with Gasteiger partial charge in [-0.05, 0) is 48.6 Å². The zero-order chi connectivity index (χ0) is 15.2. The maximum Gasteiger partial charge on any atom is 0.326 e. The van der Waals surface area contributed by atoms with Gasteiger partial charge in [-0.3, -0.25) is 4.79 Å². The van der Waals surface area contributed by atoms with Gasteiger partial charge in [0.1, 0.15) is 6.04 Å². The average molecular weight is 308 g/mol. The summed E-state index contributed by atoms with van der Waals surface area (Å²) in [6, 6.07) is 4.79. The second-order valence-electron chi connectivity index (χ2n) is 5.02. The summed E-state index contributed by atoms with van der Waals surface area (Å²) in [4.78, 5) is 23.6. The largest absolute Gasteiger partial charge is 0.480 e. The number of carbonyl (C=O) groups is 2. The monoisotopic (exact) mass is 308 g/mol. The first-order chi connectivity index (χ1) is 10.1. The van der Waals surface area contributed by atoms with Gasteiger partial charge in [0.25, 0.3) is 5.91 Å². The van der Waals surface area contributed by atoms with Crippen molar-refractivity contribution >= 4 is 23.6 Å². The van der Waals surface area contributed by atoms with Gasteiger partial charge >= 0.3 is 5.97 Å². The Morgan fingerprint density at radius 2 is 2.29 bits per heavy atom. The summed E-state index contributed by atoms with van der Waals surface area (Å²) in [5, 5.41) is 15.1. The maximum atomic E-state index is 12.4. The van der Waals surface area contributed by atoms with Crippen molar-refractivity contribution in [2.24, 2.45) is 0 Å². The number of rotatable bonds is 6. The molecule has 21 heavy (non-hydrogen) atoms. The Bertz CT molecular complexity index is 534. The first-order valence-corrected chi connectivity index (χ1v) is 8.37. The number of hydrogen-bond acceptors (Lipinski definition) is 4. The number of aliphatic carboxylic acids is 1. The van der Waals surface area contributed by atoms with Crippen LogP contribution in [0.5, 0.6) is 0 Å². The second-order valence-corrected chi connectivity index (χ2v) is 6.00. The van der Waals surface area contributed by atoms with E-state index in [1.165, 1.54) is 0 Å². The van der Waals surface area contributed by atoms with Crippen LogP contribution in [0.25, 0.3) is 0 Å². The van der Waals surface area contributed by atoms with E-state index in [0.29, 0.717) is 17.7 Å². The summed E-state index contributed by atoms with van der Waals surface area (Å²) in [7, 11) is 0. The Morgan fingerprint density at radius 1 is 1.48 bits per heavy atom. The molecule has 6 heteroatoms. The van der Waals surface area contributed by atoms with Crippen LogP contribution in [0.15, 0.2) is 18.2 Å². The fourth-order valence-corrected chi connectivity index (χ4v) is 2.95. The zero-order valence-corrected chi connectivity index (χ0v) is 12.8. The van der Waals surface area contributed by atoms with E-state index in [9.17, 15) is 14.7 Å². The molecule has 0 saturated heterocycles. The molecule has 1 aromatic carbocycles. The van der Waals surface area contributed by atoms with Gasteiger partial charge in [0.05, 0.1) is 0 Å². The Morgan fingerprint density at radius 3 is 3.00 bits per heavy atom. The van der Waals surface area contributed by atoms with Crippen LogP contribution in [0.1, 0.15) is 27.9 Å². The number of amides is 1. The highest BCUT2D eigenvalue weighted by molar-refractivity contribution is 7.98. The maximum absolute atomic E-state index is 12.4. The van der Waals surface area contributed by atoms with Crippen LogP contribution in [-0.4, -0.2) is 41.6 Å². The lowest BCUT2D eigenvalue weighted by Gasteiger charge is -2.21. The normalized spacial score (nSPS) is 15.1. The molecule has 114 valence electrons. The number of carboxylic acid groups (broad SMARTS) is 1. The van der Waals surface area contributed by atoms with E-state index < -0.39 is 12.0 Å². The molecule has 0 saturated carbocycles. The molecule has 0 radical (unpaired) electrons. The van der Waals surface area contributed by atoms with Crippen molar-refractivity contribution in [2.45, 2.75) is 25.4 Å². The fourth-order valence-electron chi connectivity index (χ4n) is 2.47. The van der Waals surface area contributed by atoms with Crippen LogP contribution in [0.4, 0.5) is 0 Å². The molecule has 0 unspecified atom stereocenters. The van der Waals surface area contributed by atoms with Gasteiger partial charge in [-0.1, -0.05) is 12.1 Å². The standard InChI is InChI=1S/C15H20N2O3S/c1-21-8-6-13(15(19)20)17-14(18)12-4-2-3-10-9-16-7-5-11(10)12/h2-4,13,16H,5-9H2,1H3,(H,17,18)(H,19,20)/t13-/m0/s1. The predicted molar refractivity (Wildman–Crippen MR) is 83.7 cm³/mol. The minimum absolute atomic E-state index is 0.290. The summed E-state index contributed by atoms with van der Waals surface area (Å²) >= 11 is 1.57. The van der Waals surface area contributed by atoms with Crippen molar-refractivity contribution in [3.8, 4) is 0 Å². The van der Waals surface area contributed by atoms with Crippen LogP contribution in [0.2, 0.25) is 0 Å². The SMILES string of the molecule is CSCC[C@H](NC(=O)c1cccc2c1CCNC2)C(=O)O. The Hall–Kier alpha value is -1.53. The lowest BCUT2D eigenvalue weighted by atomic mass is 9.95. The number of nitrogens with one attached hydrogen (secondary N) is 2. The molecule has 0 fully saturated rings. The molecule has 1 aliphatic heterocycles. The van der Waals surface area contributed by atoms with E-state index in [2.05, 4.69) is 10.6 Å². The molecule has 0 spiro atoms. The van der Waals surface area contributed by atoms with E-state index in [-0.39, 0.29) is 5.91 Å². The molecule has 1 amide bonds. The molecule has 3 N–H and O–H groups in total. The van der Waals surface area contributed by atoms with Gasteiger partial charge < -0.3 is 15.7 Å². The second kappa shape index (κ2) is 7.47. The highest BCUT2D eigenvalue weighted by Crippen LogP contribution is 2.19. The molecule has 5 nitrogen and oxygen atoms in total. The summed E-state index contributed by atoms with van der Waals surface area (Å²) in [5.74, 6) is -0.570. The fraction of sp³-hybridized carbons (Fsp3) is 0.467. The molecule has 1 heterocycles. The summed E-state index contributed by atoms with van der Waals surface area (Å²) in [5.41, 5.74) is 2.75. The topological polar surface area (TPSA) is 78.4 Å². The van der Waals surface area contributed by atoms with Crippen molar-refractivity contribution in [3.05, 3.63) is 34.9 Å². The van der Waals surface area contributed by atoms with E-state index in [1.807, 2.05) is 18.4 Å². The number of benzene rings is 1. The van der Waals surface area contributed by atoms with Gasteiger partial charge in [-0.2, -0.15) is 11.8 Å². The van der Waals surface area contributed by atoms with E-state index in [0.717, 1.165) is 30.6 Å². The van der Waals surface area contributed by atoms with Gasteiger partial charge in [0, 0.05) is 12.1 Å². The summed E-state index contributed by atoms with van der Waals surface area (Å²) < 4.78 is 0. The molecule has 1 aromatic rings. The van der Waals surface area contributed by atoms with Crippen molar-refractivity contribution < 1.29 is 14.7 Å². The molecule has 2 rings (SSSR count). The minimum Gasteiger partial charge on any atom is -0.480 e. The first-order valence-electron chi connectivity index (χ1n) is 6.97. The quantitative estimate of drug-likeness (QED) is 0.737. The molecule has 0 bridgehead atoms. The average Bonchev–Trinajstić information content (AvgIpc) is 2.50. The van der Waals surface area contributed by atoms with Crippen molar-refractivity contribution in [1.29, 1.82) is 0 Å². The molecular formula is C15H20N2O3S. The highest BCUT2D eigenvalue weighted by Gasteiger charge is 2.23. The first kappa shape index (κ1) is 15.9. The third-order valence-electron chi connectivity index (χ3n) is 3.60. The third-order valence-corrected chi connectivity index (χ3v) is 4.24. The van der Waals surface area contributed by atoms with Crippen molar-refractivity contribution in [1.82, 2.24) is 10.6 Å². The van der Waals surface area contributed by atoms with Crippen LogP contribution >= 0.6 is 11.8 Å². The molecular weight excluding hydrogens is 288 g/mol. The lowest BCUT2D eigenvalue weighted by Crippen LogP contribution is -2.42. The number of carboxylic acids is 1. The van der Waals surface area contributed by atoms with Gasteiger partial charge in [-0.15, -0.1) is 0 Å². The number of fused-ring (bicyclic) bond motifs is 1. The third kappa shape index (κ3) is 3.98. The summed E-state index contributed by atoms with van der Waals surface area (Å²) in [6.45, 7) is 1.59. The minimum atomic E-state index is -0.983. The van der Waals surface area contributed by atoms with Crippen LogP contribution in [-0.2, 0) is 17.8 Å². The van der Waals surface area contributed by atoms with E-state index in [4.69, 9.17) is 0 Å². The Kier molecular flexibility index (Phi) is 5.64. The number of thioether (sulfide) groups is 1. The molecule has 1 atom stereocenters. The van der Waals surface area contributed by atoms with Crippen molar-refractivity contribution in [2.75, 3.05) is 18.6 Å². The lowest BCUT2D eigenvalue weighted by molar-refractivity contribution is -0.139. The highest BCUT2D eigenvalue weighted by atomic mass is 32.2. The predicted octanol–water partition coefficient (Wildman–Crippen LogP) is 1.27. The van der Waals surface area contributed by atoms with E-state index in [1.54, 1.807) is 17.8 Å². The van der Waals surface area contributed by atoms with Crippen LogP contribution in [0, 0.1) is 0 Å². The van der Waals surface area contributed by atoms with Gasteiger partial charge in [0.2, 0.25) is 0 Å². The molecule has 0 aliphatic carbocycles. The van der Waals surface area contributed by atoms with Crippen LogP contribution in [0.3, 0.4) is 0 Å². The van der Waals surface area contributed by atoms with Gasteiger partial charge in [0.15, 0.2) is 0 Å². The van der Waals surface area contributed by atoms with Crippen LogP contribution < -0.4 is 10.6 Å². The zero-order valence-electron chi connectivity index (χ0n) is 12.0. The summed E-state index contributed by atoms with van der Waals surface area (Å²) in [6.07, 6.45) is 3.14. The smallest absolute Gasteiger partial charge is 0.326 e. The Balaban J connectivity index is 2.14. The molecule has 1 aliphatic rings. The van der Waals surface area contributed by atoms with Crippen molar-refractivity contribution in [3.63, 3.8) is 0 Å². The number of hydrogen-bond donors (Lipinski definition) is 3. The number of carbonyl (C=O) groups excluding carboxylic acids is 1. The van der Waals surface area contributed by atoms with Gasteiger partial charge in [-0.25, -0.2) is 4.79 Å². The molecule has 0 aromatic heterocycles. The Labute approximate surface area is 128 Å². The van der Waals surface area contributed by atoms with E-state index >= 15 is 0 Å².